The lowest BCUT2D eigenvalue weighted by atomic mass is 10.4. The first kappa shape index (κ1) is 9.32. The lowest BCUT2D eigenvalue weighted by molar-refractivity contribution is 0.0595. The Kier molecular flexibility index (Phi) is 1.96. The van der Waals surface area contributed by atoms with Crippen LogP contribution < -0.4 is 5.43 Å². The fraction of sp³-hybridized carbons (Fsp3) is 0.111. The van der Waals surface area contributed by atoms with E-state index in [2.05, 4.69) is 9.72 Å². The number of aromatic hydroxyl groups is 1. The molecule has 2 N–H and O–H groups in total. The molecule has 6 nitrogen and oxygen atoms in total. The number of aromatic nitrogens is 2. The summed E-state index contributed by atoms with van der Waals surface area (Å²) in [5.74, 6) is -0.909. The summed E-state index contributed by atoms with van der Waals surface area (Å²) in [5, 5.41) is 9.16. The maximum atomic E-state index is 11.1. The van der Waals surface area contributed by atoms with Crippen LogP contribution in [0.5, 0.6) is 5.75 Å². The van der Waals surface area contributed by atoms with Gasteiger partial charge in [0, 0.05) is 12.3 Å². The van der Waals surface area contributed by atoms with Gasteiger partial charge in [-0.15, -0.1) is 0 Å². The van der Waals surface area contributed by atoms with Crippen LogP contribution in [0.25, 0.3) is 5.65 Å². The van der Waals surface area contributed by atoms with E-state index in [-0.39, 0.29) is 11.4 Å². The summed E-state index contributed by atoms with van der Waals surface area (Å²) < 4.78 is 5.94. The predicted octanol–water partition coefficient (Wildman–Crippen LogP) is 0.120. The van der Waals surface area contributed by atoms with Crippen LogP contribution in [-0.4, -0.2) is 27.6 Å². The largest absolute Gasteiger partial charge is 0.503 e. The maximum Gasteiger partial charge on any atom is 0.356 e. The van der Waals surface area contributed by atoms with E-state index in [1.54, 1.807) is 0 Å². The van der Waals surface area contributed by atoms with E-state index in [0.717, 1.165) is 0 Å². The van der Waals surface area contributed by atoms with E-state index in [4.69, 9.17) is 5.11 Å². The molecule has 0 unspecified atom stereocenters. The number of fused-ring (bicyclic) bond motifs is 1. The molecule has 6 heteroatoms. The lowest BCUT2D eigenvalue weighted by Crippen LogP contribution is -2.00. The number of aromatic amines is 1. The first-order chi connectivity index (χ1) is 7.11. The Hall–Kier alpha value is -2.24. The quantitative estimate of drug-likeness (QED) is 0.652. The van der Waals surface area contributed by atoms with Crippen molar-refractivity contribution in [3.05, 3.63) is 34.4 Å². The van der Waals surface area contributed by atoms with Crippen LogP contribution in [0.3, 0.4) is 0 Å². The van der Waals surface area contributed by atoms with Crippen LogP contribution in [-0.2, 0) is 4.74 Å². The molecule has 2 aromatic rings. The van der Waals surface area contributed by atoms with Gasteiger partial charge in [-0.2, -0.15) is 0 Å². The van der Waals surface area contributed by atoms with Gasteiger partial charge in [0.05, 0.1) is 13.3 Å². The predicted molar refractivity (Wildman–Crippen MR) is 51.0 cm³/mol. The molecule has 2 aromatic heterocycles. The molecule has 0 aromatic carbocycles. The molecule has 0 saturated heterocycles. The topological polar surface area (TPSA) is 83.8 Å². The number of methoxy groups -OCH3 is 1. The third-order valence-electron chi connectivity index (χ3n) is 2.00. The highest BCUT2D eigenvalue weighted by atomic mass is 16.5. The Labute approximate surface area is 83.7 Å². The van der Waals surface area contributed by atoms with Crippen molar-refractivity contribution < 1.29 is 14.6 Å². The van der Waals surface area contributed by atoms with Gasteiger partial charge in [-0.3, -0.25) is 4.79 Å². The smallest absolute Gasteiger partial charge is 0.356 e. The number of H-pyrrole nitrogens is 1. The minimum atomic E-state index is -0.536. The third kappa shape index (κ3) is 1.45. The number of ether oxygens (including phenoxy) is 1. The Morgan fingerprint density at radius 1 is 1.53 bits per heavy atom. The van der Waals surface area contributed by atoms with Gasteiger partial charge in [0.1, 0.15) is 11.3 Å². The van der Waals surface area contributed by atoms with Crippen LogP contribution in [0.15, 0.2) is 23.3 Å². The van der Waals surface area contributed by atoms with Gasteiger partial charge >= 0.3 is 5.97 Å². The molecule has 0 amide bonds. The molecule has 2 heterocycles. The number of hydrogen-bond donors (Lipinski definition) is 2. The van der Waals surface area contributed by atoms with E-state index >= 15 is 0 Å². The van der Waals surface area contributed by atoms with Crippen molar-refractivity contribution in [3.63, 3.8) is 0 Å². The second-order valence-electron chi connectivity index (χ2n) is 2.97. The number of rotatable bonds is 1. The van der Waals surface area contributed by atoms with E-state index in [0.29, 0.717) is 5.65 Å². The summed E-state index contributed by atoms with van der Waals surface area (Å²) in [7, 11) is 1.26. The highest BCUT2D eigenvalue weighted by Gasteiger charge is 2.10. The van der Waals surface area contributed by atoms with Crippen LogP contribution in [0.4, 0.5) is 0 Å². The van der Waals surface area contributed by atoms with Crippen LogP contribution >= 0.6 is 0 Å². The minimum Gasteiger partial charge on any atom is -0.503 e. The molecule has 0 atom stereocenters. The van der Waals surface area contributed by atoms with Gasteiger partial charge < -0.3 is 19.2 Å². The number of imidazole rings is 1. The molecule has 0 bridgehead atoms. The first-order valence-electron chi connectivity index (χ1n) is 4.14. The summed E-state index contributed by atoms with van der Waals surface area (Å²) in [5.41, 5.74) is 0.119. The zero-order valence-corrected chi connectivity index (χ0v) is 7.85. The number of esters is 1. The van der Waals surface area contributed by atoms with Gasteiger partial charge in [0.2, 0.25) is 5.43 Å². The molecular formula is C9H8N2O4. The van der Waals surface area contributed by atoms with Crippen molar-refractivity contribution in [3.8, 4) is 5.75 Å². The van der Waals surface area contributed by atoms with E-state index < -0.39 is 11.4 Å². The maximum absolute atomic E-state index is 11.1. The normalized spacial score (nSPS) is 10.5. The highest BCUT2D eigenvalue weighted by Crippen LogP contribution is 2.07. The average molecular weight is 208 g/mol. The van der Waals surface area contributed by atoms with Crippen molar-refractivity contribution in [1.29, 1.82) is 0 Å². The van der Waals surface area contributed by atoms with E-state index in [9.17, 15) is 9.59 Å². The van der Waals surface area contributed by atoms with Gasteiger partial charge in [-0.25, -0.2) is 4.79 Å². The fourth-order valence-corrected chi connectivity index (χ4v) is 1.27. The molecule has 78 valence electrons. The number of pyridine rings is 1. The third-order valence-corrected chi connectivity index (χ3v) is 2.00. The van der Waals surface area contributed by atoms with E-state index in [1.165, 1.54) is 30.0 Å². The highest BCUT2D eigenvalue weighted by molar-refractivity contribution is 5.87. The Bertz CT molecular complexity index is 581. The number of hydrogen-bond acceptors (Lipinski definition) is 4. The van der Waals surface area contributed by atoms with E-state index in [1.807, 2.05) is 0 Å². The van der Waals surface area contributed by atoms with Gasteiger partial charge in [0.15, 0.2) is 5.75 Å². The van der Waals surface area contributed by atoms with Gasteiger partial charge in [0.25, 0.3) is 0 Å². The van der Waals surface area contributed by atoms with Crippen molar-refractivity contribution in [2.24, 2.45) is 0 Å². The molecule has 0 spiro atoms. The molecule has 0 saturated carbocycles. The van der Waals surface area contributed by atoms with Crippen molar-refractivity contribution >= 4 is 11.6 Å². The van der Waals surface area contributed by atoms with Crippen LogP contribution in [0, 0.1) is 0 Å². The molecule has 0 fully saturated rings. The summed E-state index contributed by atoms with van der Waals surface area (Å²) in [6.45, 7) is 0. The van der Waals surface area contributed by atoms with Gasteiger partial charge in [-0.1, -0.05) is 0 Å². The summed E-state index contributed by atoms with van der Waals surface area (Å²) in [4.78, 5) is 24.9. The molecule has 2 rings (SSSR count). The minimum absolute atomic E-state index is 0.211. The lowest BCUT2D eigenvalue weighted by Gasteiger charge is -1.92. The van der Waals surface area contributed by atoms with Crippen LogP contribution in [0.2, 0.25) is 0 Å². The summed E-state index contributed by atoms with van der Waals surface area (Å²) >= 11 is 0. The SMILES string of the molecule is COC(=O)c1cn2cc(O)c(=O)cc2[nH]1. The molecule has 0 radical (unpaired) electrons. The average Bonchev–Trinajstić information content (AvgIpc) is 2.60. The Morgan fingerprint density at radius 3 is 2.93 bits per heavy atom. The first-order valence-corrected chi connectivity index (χ1v) is 4.14. The van der Waals surface area contributed by atoms with Crippen LogP contribution in [0.1, 0.15) is 10.5 Å². The van der Waals surface area contributed by atoms with Gasteiger partial charge in [-0.05, 0) is 0 Å². The summed E-state index contributed by atoms with van der Waals surface area (Å²) in [6.07, 6.45) is 2.65. The van der Waals surface area contributed by atoms with Crippen molar-refractivity contribution in [1.82, 2.24) is 9.38 Å². The zero-order valence-electron chi connectivity index (χ0n) is 7.85. The Morgan fingerprint density at radius 2 is 2.27 bits per heavy atom. The molecule has 15 heavy (non-hydrogen) atoms. The number of nitrogens with zero attached hydrogens (tertiary/aromatic N) is 1. The summed E-state index contributed by atoms with van der Waals surface area (Å²) in [6, 6.07) is 1.20. The van der Waals surface area contributed by atoms with Crippen molar-refractivity contribution in [2.45, 2.75) is 0 Å². The number of carbonyl (C=O) groups excluding carboxylic acids is 1. The second kappa shape index (κ2) is 3.16. The molecular weight excluding hydrogens is 200 g/mol. The monoisotopic (exact) mass is 208 g/mol. The Balaban J connectivity index is 2.66. The molecule has 0 aliphatic heterocycles. The zero-order chi connectivity index (χ0) is 11.0. The standard InChI is InChI=1S/C9H8N2O4/c1-15-9(14)5-3-11-4-7(13)6(12)2-8(11)10-5/h2-4,10,13H,1H3. The molecule has 0 aliphatic carbocycles. The number of carbonyl (C=O) groups is 1. The van der Waals surface area contributed by atoms with Crippen molar-refractivity contribution in [2.75, 3.05) is 7.11 Å². The number of nitrogens with one attached hydrogen (secondary N) is 1. The fourth-order valence-electron chi connectivity index (χ4n) is 1.27. The second-order valence-corrected chi connectivity index (χ2v) is 2.97. The molecule has 0 aliphatic rings.